The fourth-order valence-corrected chi connectivity index (χ4v) is 2.57. The molecule has 0 aliphatic heterocycles. The van der Waals surface area contributed by atoms with Crippen LogP contribution in [0.25, 0.3) is 11.4 Å². The van der Waals surface area contributed by atoms with E-state index in [0.717, 1.165) is 12.0 Å². The van der Waals surface area contributed by atoms with Gasteiger partial charge in [0.25, 0.3) is 0 Å². The molecule has 2 aromatic rings. The van der Waals surface area contributed by atoms with E-state index in [9.17, 15) is 0 Å². The van der Waals surface area contributed by atoms with E-state index in [1.165, 1.54) is 25.7 Å². The summed E-state index contributed by atoms with van der Waals surface area (Å²) in [5, 5.41) is 12.7. The van der Waals surface area contributed by atoms with E-state index >= 15 is 0 Å². The molecule has 0 radical (unpaired) electrons. The minimum Gasteiger partial charge on any atom is -0.398 e. The molecular formula is C15H22ClN5. The highest BCUT2D eigenvalue weighted by molar-refractivity contribution is 6.31. The molecule has 1 aromatic carbocycles. The van der Waals surface area contributed by atoms with Crippen molar-refractivity contribution in [3.05, 3.63) is 23.2 Å². The van der Waals surface area contributed by atoms with Crippen LogP contribution in [-0.2, 0) is 0 Å². The molecule has 0 bridgehead atoms. The van der Waals surface area contributed by atoms with E-state index in [2.05, 4.69) is 29.4 Å². The topological polar surface area (TPSA) is 69.6 Å². The van der Waals surface area contributed by atoms with Gasteiger partial charge < -0.3 is 5.73 Å². The fourth-order valence-electron chi connectivity index (χ4n) is 2.39. The molecule has 0 aliphatic rings. The van der Waals surface area contributed by atoms with Gasteiger partial charge in [-0.2, -0.15) is 0 Å². The van der Waals surface area contributed by atoms with Crippen LogP contribution in [0.1, 0.15) is 52.0 Å². The zero-order valence-electron chi connectivity index (χ0n) is 12.6. The van der Waals surface area contributed by atoms with Crippen molar-refractivity contribution < 1.29 is 0 Å². The summed E-state index contributed by atoms with van der Waals surface area (Å²) in [7, 11) is 0. The Morgan fingerprint density at radius 1 is 1.29 bits per heavy atom. The number of rotatable bonds is 7. The van der Waals surface area contributed by atoms with E-state index in [0.29, 0.717) is 16.5 Å². The van der Waals surface area contributed by atoms with Gasteiger partial charge in [0.2, 0.25) is 0 Å². The minimum absolute atomic E-state index is 0.252. The first-order valence-corrected chi connectivity index (χ1v) is 7.84. The molecule has 114 valence electrons. The van der Waals surface area contributed by atoms with Crippen LogP contribution in [0.15, 0.2) is 18.2 Å². The van der Waals surface area contributed by atoms with Crippen molar-refractivity contribution in [1.82, 2.24) is 20.2 Å². The molecule has 21 heavy (non-hydrogen) atoms. The van der Waals surface area contributed by atoms with Crippen LogP contribution < -0.4 is 5.73 Å². The Morgan fingerprint density at radius 3 is 2.81 bits per heavy atom. The third kappa shape index (κ3) is 3.94. The highest BCUT2D eigenvalue weighted by Gasteiger charge is 2.16. The molecule has 1 unspecified atom stereocenters. The zero-order valence-corrected chi connectivity index (χ0v) is 13.3. The van der Waals surface area contributed by atoms with Crippen LogP contribution in [0, 0.1) is 0 Å². The van der Waals surface area contributed by atoms with Crippen molar-refractivity contribution in [2.45, 2.75) is 52.0 Å². The van der Waals surface area contributed by atoms with Gasteiger partial charge in [-0.3, -0.25) is 0 Å². The first-order chi connectivity index (χ1) is 10.1. The van der Waals surface area contributed by atoms with Crippen LogP contribution in [0.4, 0.5) is 5.69 Å². The summed E-state index contributed by atoms with van der Waals surface area (Å²) in [4.78, 5) is 0. The van der Waals surface area contributed by atoms with Crippen LogP contribution in [-0.4, -0.2) is 20.2 Å². The van der Waals surface area contributed by atoms with E-state index in [1.54, 1.807) is 12.1 Å². The number of halogens is 1. The normalized spacial score (nSPS) is 12.5. The lowest BCUT2D eigenvalue weighted by Gasteiger charge is -2.14. The maximum atomic E-state index is 6.03. The summed E-state index contributed by atoms with van der Waals surface area (Å²) in [6.45, 7) is 4.35. The van der Waals surface area contributed by atoms with E-state index in [1.807, 2.05) is 10.7 Å². The minimum atomic E-state index is 0.252. The molecule has 2 rings (SSSR count). The smallest absolute Gasteiger partial charge is 0.184 e. The summed E-state index contributed by atoms with van der Waals surface area (Å²) >= 11 is 5.94. The Morgan fingerprint density at radius 2 is 2.10 bits per heavy atom. The monoisotopic (exact) mass is 307 g/mol. The van der Waals surface area contributed by atoms with Gasteiger partial charge in [0, 0.05) is 16.3 Å². The molecule has 0 spiro atoms. The maximum absolute atomic E-state index is 6.03. The molecule has 0 saturated heterocycles. The average molecular weight is 308 g/mol. The largest absolute Gasteiger partial charge is 0.398 e. The molecule has 0 fully saturated rings. The van der Waals surface area contributed by atoms with Crippen molar-refractivity contribution in [2.75, 3.05) is 5.73 Å². The third-order valence-corrected chi connectivity index (χ3v) is 3.88. The standard InChI is InChI=1S/C15H22ClN5/c1-3-4-5-6-7-11(2)21-15(18-19-20-21)13-9-8-12(16)10-14(13)17/h8-11H,3-7,17H2,1-2H3. The number of benzene rings is 1. The Labute approximate surface area is 130 Å². The van der Waals surface area contributed by atoms with E-state index < -0.39 is 0 Å². The molecule has 0 aliphatic carbocycles. The fraction of sp³-hybridized carbons (Fsp3) is 0.533. The molecular weight excluding hydrogens is 286 g/mol. The second kappa shape index (κ2) is 7.41. The summed E-state index contributed by atoms with van der Waals surface area (Å²) in [6, 6.07) is 5.64. The summed E-state index contributed by atoms with van der Waals surface area (Å²) in [5.74, 6) is 0.701. The number of unbranched alkanes of at least 4 members (excludes halogenated alkanes) is 3. The van der Waals surface area contributed by atoms with Gasteiger partial charge in [0.1, 0.15) is 0 Å². The molecule has 1 aromatic heterocycles. The molecule has 6 heteroatoms. The second-order valence-electron chi connectivity index (χ2n) is 5.38. The molecule has 2 N–H and O–H groups in total. The first-order valence-electron chi connectivity index (χ1n) is 7.46. The number of nitrogens with two attached hydrogens (primary N) is 1. The van der Waals surface area contributed by atoms with Crippen LogP contribution >= 0.6 is 11.6 Å². The maximum Gasteiger partial charge on any atom is 0.184 e. The summed E-state index contributed by atoms with van der Waals surface area (Å²) in [5.41, 5.74) is 7.45. The second-order valence-corrected chi connectivity index (χ2v) is 5.81. The number of hydrogen-bond donors (Lipinski definition) is 1. The average Bonchev–Trinajstić information content (AvgIpc) is 2.92. The Balaban J connectivity index is 2.14. The predicted octanol–water partition coefficient (Wildman–Crippen LogP) is 4.11. The van der Waals surface area contributed by atoms with Crippen LogP contribution in [0.3, 0.4) is 0 Å². The van der Waals surface area contributed by atoms with Gasteiger partial charge in [-0.05, 0) is 42.0 Å². The number of tetrazole rings is 1. The highest BCUT2D eigenvalue weighted by Crippen LogP contribution is 2.28. The van der Waals surface area contributed by atoms with Crippen molar-refractivity contribution in [3.8, 4) is 11.4 Å². The van der Waals surface area contributed by atoms with Crippen molar-refractivity contribution >= 4 is 17.3 Å². The van der Waals surface area contributed by atoms with Gasteiger partial charge in [0.15, 0.2) is 5.82 Å². The van der Waals surface area contributed by atoms with Gasteiger partial charge in [-0.25, -0.2) is 4.68 Å². The summed E-state index contributed by atoms with van der Waals surface area (Å²) < 4.78 is 1.85. The zero-order chi connectivity index (χ0) is 15.2. The molecule has 1 heterocycles. The van der Waals surface area contributed by atoms with Crippen molar-refractivity contribution in [1.29, 1.82) is 0 Å². The third-order valence-electron chi connectivity index (χ3n) is 3.64. The predicted molar refractivity (Wildman–Crippen MR) is 86.1 cm³/mol. The van der Waals surface area contributed by atoms with Crippen LogP contribution in [0.2, 0.25) is 5.02 Å². The summed E-state index contributed by atoms with van der Waals surface area (Å²) in [6.07, 6.45) is 6.02. The first kappa shape index (κ1) is 15.8. The van der Waals surface area contributed by atoms with Gasteiger partial charge >= 0.3 is 0 Å². The number of aromatic nitrogens is 4. The van der Waals surface area contributed by atoms with Gasteiger partial charge in [0.05, 0.1) is 6.04 Å². The van der Waals surface area contributed by atoms with Gasteiger partial charge in [-0.1, -0.05) is 44.2 Å². The number of anilines is 1. The van der Waals surface area contributed by atoms with E-state index in [4.69, 9.17) is 17.3 Å². The lowest BCUT2D eigenvalue weighted by molar-refractivity contribution is 0.430. The Kier molecular flexibility index (Phi) is 5.56. The molecule has 0 saturated carbocycles. The Hall–Kier alpha value is -1.62. The Bertz CT molecular complexity index is 581. The van der Waals surface area contributed by atoms with Crippen molar-refractivity contribution in [3.63, 3.8) is 0 Å². The number of nitrogen functional groups attached to an aromatic ring is 1. The number of nitrogens with zero attached hydrogens (tertiary/aromatic N) is 4. The lowest BCUT2D eigenvalue weighted by Crippen LogP contribution is -2.10. The quantitative estimate of drug-likeness (QED) is 0.617. The molecule has 1 atom stereocenters. The molecule has 5 nitrogen and oxygen atoms in total. The molecule has 0 amide bonds. The lowest BCUT2D eigenvalue weighted by atomic mass is 10.1. The van der Waals surface area contributed by atoms with E-state index in [-0.39, 0.29) is 6.04 Å². The highest BCUT2D eigenvalue weighted by atomic mass is 35.5. The number of hydrogen-bond acceptors (Lipinski definition) is 4. The van der Waals surface area contributed by atoms with Gasteiger partial charge in [-0.15, -0.1) is 5.10 Å². The van der Waals surface area contributed by atoms with Crippen molar-refractivity contribution in [2.24, 2.45) is 0 Å². The SMILES string of the molecule is CCCCCCC(C)n1nnnc1-c1ccc(Cl)cc1N. The van der Waals surface area contributed by atoms with Crippen LogP contribution in [0.5, 0.6) is 0 Å².